The van der Waals surface area contributed by atoms with Crippen LogP contribution in [0.3, 0.4) is 0 Å². The molecule has 3 nitrogen and oxygen atoms in total. The molecule has 0 amide bonds. The molecule has 0 aliphatic heterocycles. The number of carboxylic acids is 1. The van der Waals surface area contributed by atoms with E-state index in [4.69, 9.17) is 22.0 Å². The number of rotatable bonds is 2. The molecule has 0 unspecified atom stereocenters. The van der Waals surface area contributed by atoms with Gasteiger partial charge in [-0.2, -0.15) is 5.26 Å². The van der Waals surface area contributed by atoms with E-state index in [-0.39, 0.29) is 5.57 Å². The van der Waals surface area contributed by atoms with Gasteiger partial charge in [0.1, 0.15) is 11.6 Å². The largest absolute Gasteiger partial charge is 0.477 e. The molecule has 0 saturated heterocycles. The summed E-state index contributed by atoms with van der Waals surface area (Å²) in [5.74, 6) is -1.26. The Balaban J connectivity index is 3.23. The van der Waals surface area contributed by atoms with Crippen molar-refractivity contribution in [3.05, 3.63) is 38.8 Å². The highest BCUT2D eigenvalue weighted by Crippen LogP contribution is 2.23. The number of hydrogen-bond acceptors (Lipinski definition) is 2. The molecule has 5 heteroatoms. The molecule has 0 atom stereocenters. The Morgan fingerprint density at radius 1 is 1.60 bits per heavy atom. The number of nitrogens with zero attached hydrogens (tertiary/aromatic N) is 1. The Kier molecular flexibility index (Phi) is 3.89. The summed E-state index contributed by atoms with van der Waals surface area (Å²) in [5, 5.41) is 17.7. The molecule has 1 aromatic rings. The number of hydrogen-bond donors (Lipinski definition) is 1. The second kappa shape index (κ2) is 4.96. The van der Waals surface area contributed by atoms with Crippen LogP contribution in [0.15, 0.2) is 28.2 Å². The van der Waals surface area contributed by atoms with E-state index in [2.05, 4.69) is 15.9 Å². The van der Waals surface area contributed by atoms with Gasteiger partial charge in [0, 0.05) is 9.50 Å². The van der Waals surface area contributed by atoms with E-state index in [0.717, 1.165) is 0 Å². The predicted molar refractivity (Wildman–Crippen MR) is 60.4 cm³/mol. The summed E-state index contributed by atoms with van der Waals surface area (Å²) in [4.78, 5) is 10.6. The summed E-state index contributed by atoms with van der Waals surface area (Å²) in [6.45, 7) is 0. The van der Waals surface area contributed by atoms with Crippen molar-refractivity contribution >= 4 is 39.6 Å². The van der Waals surface area contributed by atoms with E-state index in [9.17, 15) is 4.79 Å². The average molecular weight is 287 g/mol. The molecule has 0 spiro atoms. The van der Waals surface area contributed by atoms with Crippen LogP contribution in [-0.4, -0.2) is 11.1 Å². The minimum atomic E-state index is -1.26. The van der Waals surface area contributed by atoms with E-state index in [0.29, 0.717) is 15.1 Å². The molecule has 15 heavy (non-hydrogen) atoms. The smallest absolute Gasteiger partial charge is 0.346 e. The Morgan fingerprint density at radius 3 is 2.80 bits per heavy atom. The van der Waals surface area contributed by atoms with Gasteiger partial charge in [-0.3, -0.25) is 0 Å². The second-order valence-corrected chi connectivity index (χ2v) is 3.93. The van der Waals surface area contributed by atoms with Crippen LogP contribution in [0.5, 0.6) is 0 Å². The molecule has 0 bridgehead atoms. The molecule has 0 aliphatic carbocycles. The molecule has 0 heterocycles. The van der Waals surface area contributed by atoms with Gasteiger partial charge in [0.15, 0.2) is 0 Å². The van der Waals surface area contributed by atoms with Crippen LogP contribution in [0.2, 0.25) is 5.02 Å². The first-order valence-electron chi connectivity index (χ1n) is 3.84. The third kappa shape index (κ3) is 3.08. The maximum absolute atomic E-state index is 10.6. The van der Waals surface area contributed by atoms with Gasteiger partial charge >= 0.3 is 5.97 Å². The summed E-state index contributed by atoms with van der Waals surface area (Å²) >= 11 is 8.97. The molecule has 0 fully saturated rings. The van der Waals surface area contributed by atoms with Crippen LogP contribution in [-0.2, 0) is 4.79 Å². The normalized spacial score (nSPS) is 10.9. The van der Waals surface area contributed by atoms with Crippen molar-refractivity contribution in [2.24, 2.45) is 0 Å². The third-order valence-electron chi connectivity index (χ3n) is 1.61. The Labute approximate surface area is 99.7 Å². The lowest BCUT2D eigenvalue weighted by Gasteiger charge is -1.99. The first kappa shape index (κ1) is 11.8. The lowest BCUT2D eigenvalue weighted by Crippen LogP contribution is -1.97. The van der Waals surface area contributed by atoms with E-state index in [1.807, 2.05) is 0 Å². The highest BCUT2D eigenvalue weighted by molar-refractivity contribution is 9.10. The number of nitriles is 1. The molecule has 0 aliphatic rings. The van der Waals surface area contributed by atoms with Gasteiger partial charge in [0.2, 0.25) is 0 Å². The molecule has 1 N–H and O–H groups in total. The molecule has 1 aromatic carbocycles. The second-order valence-electron chi connectivity index (χ2n) is 2.64. The van der Waals surface area contributed by atoms with Crippen LogP contribution in [0.1, 0.15) is 5.56 Å². The van der Waals surface area contributed by atoms with Gasteiger partial charge in [-0.05, 0) is 29.8 Å². The molecular weight excluding hydrogens is 281 g/mol. The zero-order chi connectivity index (χ0) is 11.4. The maximum Gasteiger partial charge on any atom is 0.346 e. The lowest BCUT2D eigenvalue weighted by atomic mass is 10.1. The summed E-state index contributed by atoms with van der Waals surface area (Å²) in [6.07, 6.45) is 1.26. The fourth-order valence-corrected chi connectivity index (χ4v) is 1.46. The van der Waals surface area contributed by atoms with Crippen LogP contribution in [0.4, 0.5) is 0 Å². The first-order valence-corrected chi connectivity index (χ1v) is 5.02. The molecular formula is C10H5BrClNO2. The lowest BCUT2D eigenvalue weighted by molar-refractivity contribution is -0.132. The fourth-order valence-electron chi connectivity index (χ4n) is 0.923. The molecule has 1 rings (SSSR count). The number of carbonyl (C=O) groups is 1. The Bertz CT molecular complexity index is 477. The summed E-state index contributed by atoms with van der Waals surface area (Å²) in [7, 11) is 0. The van der Waals surface area contributed by atoms with E-state index in [1.165, 1.54) is 6.08 Å². The summed E-state index contributed by atoms with van der Waals surface area (Å²) < 4.78 is 0.681. The number of carboxylic acid groups (broad SMARTS) is 1. The SMILES string of the molecule is N#C/C(=C\c1cc(Cl)ccc1Br)C(=O)O. The Hall–Kier alpha value is -1.31. The van der Waals surface area contributed by atoms with Gasteiger partial charge in [-0.25, -0.2) is 4.79 Å². The molecule has 76 valence electrons. The minimum Gasteiger partial charge on any atom is -0.477 e. The van der Waals surface area contributed by atoms with Crippen molar-refractivity contribution in [2.45, 2.75) is 0 Å². The third-order valence-corrected chi connectivity index (χ3v) is 2.57. The van der Waals surface area contributed by atoms with Crippen molar-refractivity contribution in [3.8, 4) is 6.07 Å². The van der Waals surface area contributed by atoms with Crippen LogP contribution in [0.25, 0.3) is 6.08 Å². The maximum atomic E-state index is 10.6. The van der Waals surface area contributed by atoms with Crippen molar-refractivity contribution in [2.75, 3.05) is 0 Å². The van der Waals surface area contributed by atoms with Crippen molar-refractivity contribution in [3.63, 3.8) is 0 Å². The minimum absolute atomic E-state index is 0.335. The molecule has 0 radical (unpaired) electrons. The fraction of sp³-hybridized carbons (Fsp3) is 0. The van der Waals surface area contributed by atoms with Crippen LogP contribution in [0, 0.1) is 11.3 Å². The molecule has 0 aromatic heterocycles. The van der Waals surface area contributed by atoms with Crippen LogP contribution < -0.4 is 0 Å². The van der Waals surface area contributed by atoms with Crippen molar-refractivity contribution in [1.29, 1.82) is 5.26 Å². The number of benzene rings is 1. The zero-order valence-corrected chi connectivity index (χ0v) is 9.71. The zero-order valence-electron chi connectivity index (χ0n) is 7.37. The highest BCUT2D eigenvalue weighted by Gasteiger charge is 2.07. The standard InChI is InChI=1S/C10H5BrClNO2/c11-9-2-1-8(12)4-6(9)3-7(5-13)10(14)15/h1-4H,(H,14,15)/b7-3+. The first-order chi connectivity index (χ1) is 7.04. The van der Waals surface area contributed by atoms with Gasteiger partial charge < -0.3 is 5.11 Å². The van der Waals surface area contributed by atoms with Gasteiger partial charge in [0.25, 0.3) is 0 Å². The van der Waals surface area contributed by atoms with Gasteiger partial charge in [-0.1, -0.05) is 27.5 Å². The quantitative estimate of drug-likeness (QED) is 0.671. The number of halogens is 2. The van der Waals surface area contributed by atoms with Gasteiger partial charge in [-0.15, -0.1) is 0 Å². The number of aliphatic carboxylic acids is 1. The van der Waals surface area contributed by atoms with E-state index < -0.39 is 5.97 Å². The summed E-state index contributed by atoms with van der Waals surface area (Å²) in [5.41, 5.74) is 0.222. The van der Waals surface area contributed by atoms with Crippen molar-refractivity contribution < 1.29 is 9.90 Å². The average Bonchev–Trinajstić information content (AvgIpc) is 2.18. The monoisotopic (exact) mass is 285 g/mol. The van der Waals surface area contributed by atoms with E-state index >= 15 is 0 Å². The van der Waals surface area contributed by atoms with Crippen LogP contribution >= 0.6 is 27.5 Å². The summed E-state index contributed by atoms with van der Waals surface area (Å²) in [6, 6.07) is 6.52. The predicted octanol–water partition coefficient (Wildman–Crippen LogP) is 3.09. The van der Waals surface area contributed by atoms with Crippen molar-refractivity contribution in [1.82, 2.24) is 0 Å². The topological polar surface area (TPSA) is 61.1 Å². The van der Waals surface area contributed by atoms with E-state index in [1.54, 1.807) is 24.3 Å². The Morgan fingerprint density at radius 2 is 2.27 bits per heavy atom. The van der Waals surface area contributed by atoms with Gasteiger partial charge in [0.05, 0.1) is 0 Å². The molecule has 0 saturated carbocycles. The highest BCUT2D eigenvalue weighted by atomic mass is 79.9.